The standard InChI is InChI=1S/C15H23N2O15P3/c1-6-15(21)12(19)10(30-13(15)17-8-7-11(18)16-14(17)20)9-29-34(23,27-4)32-35(24,28-5)31-33(22,25-2)26-3/h1,7-8,10,12-13,19,21H,9H2,2-5H3,(H,16,18,20)/t10-,12-,13-,15+,34?,35?/m1/s1. The Hall–Kier alpha value is -1.47. The molecular weight excluding hydrogens is 541 g/mol. The smallest absolute Gasteiger partial charge is 0.386 e. The summed E-state index contributed by atoms with van der Waals surface area (Å²) < 4.78 is 76.0. The summed E-state index contributed by atoms with van der Waals surface area (Å²) in [5.74, 6) is 1.91. The third-order valence-corrected chi connectivity index (χ3v) is 9.96. The van der Waals surface area contributed by atoms with Crippen LogP contribution in [0.4, 0.5) is 0 Å². The molecule has 0 spiro atoms. The molecule has 1 saturated heterocycles. The number of terminal acetylenes is 1. The number of aromatic amines is 1. The van der Waals surface area contributed by atoms with Gasteiger partial charge in [0.25, 0.3) is 5.56 Å². The van der Waals surface area contributed by atoms with Gasteiger partial charge in [-0.05, 0) is 0 Å². The third-order valence-electron chi connectivity index (χ3n) is 4.51. The van der Waals surface area contributed by atoms with E-state index in [1.54, 1.807) is 0 Å². The average molecular weight is 564 g/mol. The fraction of sp³-hybridized carbons (Fsp3) is 0.600. The van der Waals surface area contributed by atoms with Crippen LogP contribution < -0.4 is 11.2 Å². The summed E-state index contributed by atoms with van der Waals surface area (Å²) in [7, 11) is -10.9. The van der Waals surface area contributed by atoms with Crippen molar-refractivity contribution in [1.29, 1.82) is 0 Å². The van der Waals surface area contributed by atoms with Gasteiger partial charge in [0.15, 0.2) is 11.8 Å². The fourth-order valence-electron chi connectivity index (χ4n) is 2.69. The summed E-state index contributed by atoms with van der Waals surface area (Å²) in [6, 6.07) is 0.936. The van der Waals surface area contributed by atoms with E-state index in [1.165, 1.54) is 0 Å². The Bertz CT molecular complexity index is 1200. The molecule has 1 aromatic heterocycles. The van der Waals surface area contributed by atoms with E-state index < -0.39 is 65.4 Å². The van der Waals surface area contributed by atoms with Gasteiger partial charge in [0, 0.05) is 40.7 Å². The summed E-state index contributed by atoms with van der Waals surface area (Å²) >= 11 is 0. The number of aromatic nitrogens is 2. The Morgan fingerprint density at radius 3 is 2.11 bits per heavy atom. The molecule has 20 heteroatoms. The first kappa shape index (κ1) is 29.8. The van der Waals surface area contributed by atoms with E-state index in [9.17, 15) is 33.5 Å². The number of nitrogens with one attached hydrogen (secondary N) is 1. The molecule has 0 saturated carbocycles. The second-order valence-corrected chi connectivity index (χ2v) is 12.2. The second-order valence-electron chi connectivity index (χ2n) is 6.49. The van der Waals surface area contributed by atoms with Crippen LogP contribution in [0.1, 0.15) is 6.23 Å². The van der Waals surface area contributed by atoms with Gasteiger partial charge in [0.05, 0.1) is 6.61 Å². The number of hydrogen-bond donors (Lipinski definition) is 3. The van der Waals surface area contributed by atoms with Crippen LogP contribution in [0.3, 0.4) is 0 Å². The summed E-state index contributed by atoms with van der Waals surface area (Å²) in [5.41, 5.74) is -4.28. The van der Waals surface area contributed by atoms with Crippen molar-refractivity contribution in [3.8, 4) is 12.3 Å². The van der Waals surface area contributed by atoms with Gasteiger partial charge < -0.3 is 14.9 Å². The lowest BCUT2D eigenvalue weighted by Gasteiger charge is -2.26. The van der Waals surface area contributed by atoms with Crippen molar-refractivity contribution in [2.24, 2.45) is 0 Å². The molecule has 1 aromatic rings. The first-order valence-electron chi connectivity index (χ1n) is 9.19. The highest BCUT2D eigenvalue weighted by Gasteiger charge is 2.57. The van der Waals surface area contributed by atoms with E-state index in [0.29, 0.717) is 4.57 Å². The number of nitrogens with zero attached hydrogens (tertiary/aromatic N) is 1. The molecule has 35 heavy (non-hydrogen) atoms. The zero-order chi connectivity index (χ0) is 26.7. The monoisotopic (exact) mass is 564 g/mol. The average Bonchev–Trinajstić information content (AvgIpc) is 3.08. The lowest BCUT2D eigenvalue weighted by molar-refractivity contribution is -0.0762. The van der Waals surface area contributed by atoms with Crippen LogP contribution >= 0.6 is 23.5 Å². The number of aliphatic hydroxyl groups is 2. The molecule has 2 rings (SSSR count). The van der Waals surface area contributed by atoms with E-state index in [0.717, 1.165) is 40.7 Å². The van der Waals surface area contributed by atoms with Crippen LogP contribution in [0.15, 0.2) is 21.9 Å². The van der Waals surface area contributed by atoms with Crippen LogP contribution in [0.2, 0.25) is 0 Å². The maximum absolute atomic E-state index is 12.9. The van der Waals surface area contributed by atoms with Crippen molar-refractivity contribution in [3.05, 3.63) is 33.1 Å². The molecular formula is C15H23N2O15P3. The number of phosphoric ester groups is 2. The second kappa shape index (κ2) is 11.3. The molecule has 0 bridgehead atoms. The van der Waals surface area contributed by atoms with Crippen molar-refractivity contribution >= 4 is 23.5 Å². The summed E-state index contributed by atoms with van der Waals surface area (Å²) in [6.45, 7) is -0.888. The molecule has 3 N–H and O–H groups in total. The minimum Gasteiger partial charge on any atom is -0.386 e. The third kappa shape index (κ3) is 6.46. The van der Waals surface area contributed by atoms with Gasteiger partial charge in [-0.25, -0.2) is 18.5 Å². The van der Waals surface area contributed by atoms with Crippen molar-refractivity contribution in [2.45, 2.75) is 24.0 Å². The van der Waals surface area contributed by atoms with Gasteiger partial charge in [0.2, 0.25) is 0 Å². The van der Waals surface area contributed by atoms with E-state index in [4.69, 9.17) is 20.0 Å². The number of aliphatic hydroxyl groups excluding tert-OH is 1. The molecule has 0 aliphatic carbocycles. The lowest BCUT2D eigenvalue weighted by atomic mass is 9.95. The maximum atomic E-state index is 12.9. The van der Waals surface area contributed by atoms with Crippen LogP contribution in [0, 0.1) is 12.3 Å². The van der Waals surface area contributed by atoms with Crippen molar-refractivity contribution in [2.75, 3.05) is 35.0 Å². The van der Waals surface area contributed by atoms with Crippen LogP contribution in [0.5, 0.6) is 0 Å². The SMILES string of the molecule is C#C[C@]1(O)[C@H](O)[C@@H](COP(=O)(OC)OP(=O)(OC)OP(=O)(OC)OC)O[C@H]1n1ccc(=O)[nH]c1=O. The van der Waals surface area contributed by atoms with Gasteiger partial charge in [-0.3, -0.25) is 37.0 Å². The van der Waals surface area contributed by atoms with Crippen molar-refractivity contribution in [1.82, 2.24) is 9.55 Å². The normalized spacial score (nSPS) is 28.2. The number of phosphoric acid groups is 3. The molecule has 0 amide bonds. The molecule has 1 aliphatic heterocycles. The quantitative estimate of drug-likeness (QED) is 0.227. The first-order chi connectivity index (χ1) is 16.2. The van der Waals surface area contributed by atoms with Crippen LogP contribution in [-0.2, 0) is 49.7 Å². The first-order valence-corrected chi connectivity index (χ1v) is 13.6. The highest BCUT2D eigenvalue weighted by molar-refractivity contribution is 7.67. The topological polar surface area (TPSA) is 220 Å². The van der Waals surface area contributed by atoms with E-state index in [1.807, 2.05) is 10.9 Å². The molecule has 198 valence electrons. The highest BCUT2D eigenvalue weighted by atomic mass is 31.3. The van der Waals surface area contributed by atoms with Crippen molar-refractivity contribution in [3.63, 3.8) is 0 Å². The fourth-order valence-corrected chi connectivity index (χ4v) is 7.15. The van der Waals surface area contributed by atoms with Crippen LogP contribution in [-0.4, -0.2) is 72.6 Å². The Balaban J connectivity index is 2.25. The van der Waals surface area contributed by atoms with Gasteiger partial charge in [-0.15, -0.1) is 6.42 Å². The Morgan fingerprint density at radius 1 is 1.09 bits per heavy atom. The summed E-state index contributed by atoms with van der Waals surface area (Å²) in [4.78, 5) is 25.3. The Morgan fingerprint density at radius 2 is 1.63 bits per heavy atom. The molecule has 6 atom stereocenters. The molecule has 0 radical (unpaired) electrons. The van der Waals surface area contributed by atoms with Gasteiger partial charge in [-0.1, -0.05) is 5.92 Å². The number of H-pyrrole nitrogens is 1. The van der Waals surface area contributed by atoms with E-state index >= 15 is 0 Å². The van der Waals surface area contributed by atoms with Crippen molar-refractivity contribution < 1.29 is 59.9 Å². The Labute approximate surface area is 198 Å². The predicted octanol–water partition coefficient (Wildman–Crippen LogP) is 0.119. The lowest BCUT2D eigenvalue weighted by Crippen LogP contribution is -2.48. The number of ether oxygens (including phenoxy) is 1. The van der Waals surface area contributed by atoms with E-state index in [2.05, 4.69) is 22.4 Å². The number of rotatable bonds is 12. The summed E-state index contributed by atoms with van der Waals surface area (Å²) in [6.07, 6.45) is 1.07. The zero-order valence-corrected chi connectivity index (χ0v) is 21.3. The van der Waals surface area contributed by atoms with Gasteiger partial charge >= 0.3 is 29.2 Å². The van der Waals surface area contributed by atoms with E-state index in [-0.39, 0.29) is 0 Å². The Kier molecular flexibility index (Phi) is 9.60. The summed E-state index contributed by atoms with van der Waals surface area (Å²) in [5, 5.41) is 21.3. The molecule has 2 heterocycles. The molecule has 17 nitrogen and oxygen atoms in total. The number of hydrogen-bond acceptors (Lipinski definition) is 15. The molecule has 2 unspecified atom stereocenters. The predicted molar refractivity (Wildman–Crippen MR) is 114 cm³/mol. The molecule has 1 aliphatic rings. The zero-order valence-electron chi connectivity index (χ0n) is 18.7. The molecule has 1 fully saturated rings. The minimum absolute atomic E-state index is 0.705. The minimum atomic E-state index is -4.96. The largest absolute Gasteiger partial charge is 0.492 e. The van der Waals surface area contributed by atoms with Gasteiger partial charge in [-0.2, -0.15) is 8.62 Å². The maximum Gasteiger partial charge on any atom is 0.492 e. The highest BCUT2D eigenvalue weighted by Crippen LogP contribution is 2.72. The van der Waals surface area contributed by atoms with Crippen LogP contribution in [0.25, 0.3) is 0 Å². The molecule has 0 aromatic carbocycles. The van der Waals surface area contributed by atoms with Gasteiger partial charge in [0.1, 0.15) is 12.2 Å².